The Bertz CT molecular complexity index is 509. The fourth-order valence-electron chi connectivity index (χ4n) is 1.40. The summed E-state index contributed by atoms with van der Waals surface area (Å²) in [5.74, 6) is -0.274. The van der Waals surface area contributed by atoms with E-state index in [4.69, 9.17) is 4.74 Å². The summed E-state index contributed by atoms with van der Waals surface area (Å²) < 4.78 is 7.28. The zero-order chi connectivity index (χ0) is 12.1. The summed E-state index contributed by atoms with van der Waals surface area (Å²) >= 11 is -0.227. The first-order chi connectivity index (χ1) is 8.29. The van der Waals surface area contributed by atoms with Crippen molar-refractivity contribution in [1.29, 1.82) is 0 Å². The lowest BCUT2D eigenvalue weighted by atomic mass is 10.2. The summed E-state index contributed by atoms with van der Waals surface area (Å²) in [6.45, 7) is 0. The first-order valence-electron chi connectivity index (χ1n) is 5.18. The average molecular weight is 339 g/mol. The van der Waals surface area contributed by atoms with Crippen LogP contribution in [-0.4, -0.2) is 13.1 Å². The zero-order valence-electron chi connectivity index (χ0n) is 9.39. The van der Waals surface area contributed by atoms with Gasteiger partial charge in [-0.15, -0.1) is 0 Å². The lowest BCUT2D eigenvalue weighted by molar-refractivity contribution is -0.597. The highest BCUT2D eigenvalue weighted by Gasteiger charge is 2.17. The monoisotopic (exact) mass is 339 g/mol. The van der Waals surface area contributed by atoms with Crippen molar-refractivity contribution in [2.75, 3.05) is 7.11 Å². The summed E-state index contributed by atoms with van der Waals surface area (Å²) in [5, 5.41) is 0. The molecule has 2 rings (SSSR count). The van der Waals surface area contributed by atoms with Crippen molar-refractivity contribution in [3.8, 4) is 0 Å². The molecule has 0 saturated carbocycles. The van der Waals surface area contributed by atoms with Crippen LogP contribution in [0.2, 0.25) is 0 Å². The lowest BCUT2D eigenvalue weighted by Gasteiger charge is -1.96. The van der Waals surface area contributed by atoms with Crippen LogP contribution in [0.3, 0.4) is 0 Å². The highest BCUT2D eigenvalue weighted by atomic mass is 127. The summed E-state index contributed by atoms with van der Waals surface area (Å²) in [5.41, 5.74) is 0.626. The maximum Gasteiger partial charge on any atom is 0.357 e. The molecule has 2 aromatic carbocycles. The van der Waals surface area contributed by atoms with Gasteiger partial charge in [0.05, 0.1) is 12.7 Å². The molecule has 0 radical (unpaired) electrons. The largest absolute Gasteiger partial charge is 0.465 e. The first-order valence-corrected chi connectivity index (χ1v) is 7.33. The zero-order valence-corrected chi connectivity index (χ0v) is 11.5. The molecule has 0 unspecified atom stereocenters. The molecule has 0 N–H and O–H groups in total. The van der Waals surface area contributed by atoms with Gasteiger partial charge in [0.25, 0.3) is 0 Å². The molecule has 0 amide bonds. The predicted molar refractivity (Wildman–Crippen MR) is 61.6 cm³/mol. The number of halogens is 1. The van der Waals surface area contributed by atoms with Gasteiger partial charge < -0.3 is 4.74 Å². The summed E-state index contributed by atoms with van der Waals surface area (Å²) in [4.78, 5) is 11.4. The van der Waals surface area contributed by atoms with E-state index in [1.54, 1.807) is 6.07 Å². The average Bonchev–Trinajstić information content (AvgIpc) is 2.39. The van der Waals surface area contributed by atoms with E-state index in [2.05, 4.69) is 18.2 Å². The van der Waals surface area contributed by atoms with Crippen LogP contribution in [0.15, 0.2) is 54.6 Å². The molecule has 0 aliphatic carbocycles. The van der Waals surface area contributed by atoms with Crippen LogP contribution < -0.4 is 21.2 Å². The third-order valence-corrected chi connectivity index (χ3v) is 4.83. The Balaban J connectivity index is 2.20. The number of rotatable bonds is 3. The molecule has 0 aliphatic heterocycles. The molecule has 0 aliphatic rings. The fourth-order valence-corrected chi connectivity index (χ4v) is 3.77. The minimum Gasteiger partial charge on any atom is -0.465 e. The second-order valence-electron chi connectivity index (χ2n) is 3.39. The van der Waals surface area contributed by atoms with E-state index >= 15 is 0 Å². The van der Waals surface area contributed by atoms with E-state index in [1.807, 2.05) is 30.3 Å². The minimum absolute atomic E-state index is 0.227. The van der Waals surface area contributed by atoms with E-state index in [9.17, 15) is 4.79 Å². The highest BCUT2D eigenvalue weighted by molar-refractivity contribution is 5.89. The van der Waals surface area contributed by atoms with E-state index in [1.165, 1.54) is 14.3 Å². The van der Waals surface area contributed by atoms with E-state index in [-0.39, 0.29) is 27.2 Å². The number of ether oxygens (including phenoxy) is 1. The molecule has 0 atom stereocenters. The quantitative estimate of drug-likeness (QED) is 0.562. The molecule has 0 fully saturated rings. The second kappa shape index (κ2) is 5.82. The van der Waals surface area contributed by atoms with Gasteiger partial charge in [-0.25, -0.2) is 4.79 Å². The lowest BCUT2D eigenvalue weighted by Crippen LogP contribution is -3.61. The van der Waals surface area contributed by atoms with Crippen molar-refractivity contribution >= 4 is 5.97 Å². The van der Waals surface area contributed by atoms with Crippen molar-refractivity contribution in [2.45, 2.75) is 0 Å². The molecule has 0 bridgehead atoms. The highest BCUT2D eigenvalue weighted by Crippen LogP contribution is 1.99. The number of hydrogen-bond donors (Lipinski definition) is 0. The molecule has 0 spiro atoms. The Morgan fingerprint density at radius 1 is 1.00 bits per heavy atom. The molecule has 3 heteroatoms. The Kier molecular flexibility index (Phi) is 4.14. The van der Waals surface area contributed by atoms with E-state index in [0.717, 1.165) is 0 Å². The third-order valence-electron chi connectivity index (χ3n) is 2.20. The van der Waals surface area contributed by atoms with Crippen molar-refractivity contribution in [1.82, 2.24) is 0 Å². The summed E-state index contributed by atoms with van der Waals surface area (Å²) in [6.07, 6.45) is 0. The van der Waals surface area contributed by atoms with Crippen molar-refractivity contribution in [2.24, 2.45) is 0 Å². The second-order valence-corrected chi connectivity index (χ2v) is 6.42. The first kappa shape index (κ1) is 12.1. The molecule has 2 aromatic rings. The molecule has 0 heterocycles. The number of methoxy groups -OCH3 is 1. The van der Waals surface area contributed by atoms with Crippen LogP contribution in [0.5, 0.6) is 0 Å². The van der Waals surface area contributed by atoms with Gasteiger partial charge in [-0.05, 0) is 24.3 Å². The number of benzene rings is 2. The predicted octanol–water partition coefficient (Wildman–Crippen LogP) is -0.398. The molecular formula is C14H12IO2+. The standard InChI is InChI=1S/C14H12IO2/c1-17-14(16)11-6-5-9-13(10-11)15-12-7-3-2-4-8-12/h2-10H,1H3/q+1. The molecular weight excluding hydrogens is 327 g/mol. The topological polar surface area (TPSA) is 26.3 Å². The minimum atomic E-state index is -0.274. The number of carbonyl (C=O) groups excluding carboxylic acids is 1. The Labute approximate surface area is 111 Å². The Morgan fingerprint density at radius 2 is 1.71 bits per heavy atom. The van der Waals surface area contributed by atoms with E-state index < -0.39 is 0 Å². The molecule has 17 heavy (non-hydrogen) atoms. The number of esters is 1. The van der Waals surface area contributed by atoms with Gasteiger partial charge >= 0.3 is 27.2 Å². The summed E-state index contributed by atoms with van der Waals surface area (Å²) in [6, 6.07) is 18.0. The van der Waals surface area contributed by atoms with Gasteiger partial charge in [0.2, 0.25) is 0 Å². The van der Waals surface area contributed by atoms with Crippen LogP contribution in [0, 0.1) is 7.14 Å². The third kappa shape index (κ3) is 3.30. The Morgan fingerprint density at radius 3 is 2.41 bits per heavy atom. The maximum absolute atomic E-state index is 11.4. The van der Waals surface area contributed by atoms with Gasteiger partial charge in [-0.2, -0.15) is 0 Å². The van der Waals surface area contributed by atoms with Crippen molar-refractivity contribution in [3.63, 3.8) is 0 Å². The van der Waals surface area contributed by atoms with Crippen molar-refractivity contribution < 1.29 is 30.7 Å². The van der Waals surface area contributed by atoms with Gasteiger partial charge in [0.15, 0.2) is 7.14 Å². The van der Waals surface area contributed by atoms with Crippen LogP contribution in [0.25, 0.3) is 0 Å². The SMILES string of the molecule is COC(=O)c1cccc([I+]c2ccccc2)c1. The molecule has 86 valence electrons. The molecule has 0 saturated heterocycles. The maximum atomic E-state index is 11.4. The summed E-state index contributed by atoms with van der Waals surface area (Å²) in [7, 11) is 1.40. The van der Waals surface area contributed by atoms with Crippen molar-refractivity contribution in [3.05, 3.63) is 67.3 Å². The van der Waals surface area contributed by atoms with Gasteiger partial charge in [-0.3, -0.25) is 0 Å². The van der Waals surface area contributed by atoms with Gasteiger partial charge in [0.1, 0.15) is 0 Å². The van der Waals surface area contributed by atoms with Crippen LogP contribution in [-0.2, 0) is 4.74 Å². The van der Waals surface area contributed by atoms with E-state index in [0.29, 0.717) is 5.56 Å². The smallest absolute Gasteiger partial charge is 0.357 e. The normalized spacial score (nSPS) is 9.94. The van der Waals surface area contributed by atoms with Crippen LogP contribution in [0.1, 0.15) is 10.4 Å². The van der Waals surface area contributed by atoms with Gasteiger partial charge in [-0.1, -0.05) is 24.3 Å². The van der Waals surface area contributed by atoms with Crippen LogP contribution in [0.4, 0.5) is 0 Å². The molecule has 2 nitrogen and oxygen atoms in total. The Hall–Kier alpha value is -1.36. The molecule has 0 aromatic heterocycles. The number of hydrogen-bond acceptors (Lipinski definition) is 2. The fraction of sp³-hybridized carbons (Fsp3) is 0.0714. The van der Waals surface area contributed by atoms with Gasteiger partial charge in [0, 0.05) is 6.07 Å². The number of carbonyl (C=O) groups is 1. The van der Waals surface area contributed by atoms with Crippen LogP contribution >= 0.6 is 0 Å².